The second-order valence-electron chi connectivity index (χ2n) is 9.38. The maximum Gasteiger partial charge on any atom is 0.224 e. The van der Waals surface area contributed by atoms with E-state index in [1.165, 1.54) is 25.7 Å². The lowest BCUT2D eigenvalue weighted by molar-refractivity contribution is -0.133. The zero-order valence-electron chi connectivity index (χ0n) is 18.1. The highest BCUT2D eigenvalue weighted by Gasteiger charge is 2.33. The van der Waals surface area contributed by atoms with Crippen molar-refractivity contribution in [3.05, 3.63) is 30.1 Å². The Morgan fingerprint density at radius 1 is 1.03 bits per heavy atom. The highest BCUT2D eigenvalue weighted by molar-refractivity contribution is 5.79. The summed E-state index contributed by atoms with van der Waals surface area (Å²) in [6.45, 7) is 4.23. The average molecular weight is 413 g/mol. The summed E-state index contributed by atoms with van der Waals surface area (Å²) in [5.41, 5.74) is 1.04. The lowest BCUT2D eigenvalue weighted by Gasteiger charge is -2.42. The van der Waals surface area contributed by atoms with Crippen LogP contribution in [0.2, 0.25) is 0 Å². The molecule has 0 radical (unpaired) electrons. The van der Waals surface area contributed by atoms with Crippen molar-refractivity contribution in [3.8, 4) is 0 Å². The lowest BCUT2D eigenvalue weighted by Crippen LogP contribution is -2.51. The summed E-state index contributed by atoms with van der Waals surface area (Å²) >= 11 is 0. The van der Waals surface area contributed by atoms with E-state index in [9.17, 15) is 9.59 Å². The Morgan fingerprint density at radius 3 is 2.57 bits per heavy atom. The maximum absolute atomic E-state index is 12.7. The highest BCUT2D eigenvalue weighted by Crippen LogP contribution is 2.29. The summed E-state index contributed by atoms with van der Waals surface area (Å²) in [6, 6.07) is 4.39. The number of nitrogens with one attached hydrogen (secondary N) is 1. The molecule has 0 aromatic carbocycles. The van der Waals surface area contributed by atoms with E-state index in [1.54, 1.807) is 12.4 Å². The minimum Gasteiger partial charge on any atom is -0.352 e. The Balaban J connectivity index is 1.21. The number of hydrogen-bond donors (Lipinski definition) is 1. The SMILES string of the molecule is O=C(NCc1cccnc1)[C@@H]1CCCN(C2CCN(C(=O)CC3CCCC3)CC2)C1. The van der Waals surface area contributed by atoms with Gasteiger partial charge in [-0.05, 0) is 62.6 Å². The molecule has 1 N–H and O–H groups in total. The van der Waals surface area contributed by atoms with E-state index in [0.29, 0.717) is 24.4 Å². The van der Waals surface area contributed by atoms with E-state index < -0.39 is 0 Å². The standard InChI is InChI=1S/C24H36N4O2/c29-23(15-19-5-1-2-6-19)27-13-9-22(10-14-27)28-12-4-8-21(18-28)24(30)26-17-20-7-3-11-25-16-20/h3,7,11,16,19,21-22H,1-2,4-6,8-10,12-15,17-18H2,(H,26,30)/t21-/m1/s1. The molecule has 164 valence electrons. The topological polar surface area (TPSA) is 65.5 Å². The van der Waals surface area contributed by atoms with Crippen molar-refractivity contribution in [2.45, 2.75) is 70.4 Å². The van der Waals surface area contributed by atoms with Crippen molar-refractivity contribution in [3.63, 3.8) is 0 Å². The molecule has 1 saturated carbocycles. The quantitative estimate of drug-likeness (QED) is 0.780. The van der Waals surface area contributed by atoms with Crippen LogP contribution in [0.5, 0.6) is 0 Å². The van der Waals surface area contributed by atoms with E-state index in [1.807, 2.05) is 12.1 Å². The van der Waals surface area contributed by atoms with Crippen LogP contribution >= 0.6 is 0 Å². The van der Waals surface area contributed by atoms with Gasteiger partial charge in [0.05, 0.1) is 5.92 Å². The smallest absolute Gasteiger partial charge is 0.224 e. The van der Waals surface area contributed by atoms with Gasteiger partial charge in [-0.15, -0.1) is 0 Å². The molecule has 6 nitrogen and oxygen atoms in total. The third-order valence-electron chi connectivity index (χ3n) is 7.28. The van der Waals surface area contributed by atoms with Gasteiger partial charge in [-0.2, -0.15) is 0 Å². The van der Waals surface area contributed by atoms with Crippen LogP contribution in [0.3, 0.4) is 0 Å². The first-order chi connectivity index (χ1) is 14.7. The van der Waals surface area contributed by atoms with Gasteiger partial charge >= 0.3 is 0 Å². The normalized spacial score (nSPS) is 24.1. The zero-order chi connectivity index (χ0) is 20.8. The van der Waals surface area contributed by atoms with Crippen molar-refractivity contribution >= 4 is 11.8 Å². The van der Waals surface area contributed by atoms with Crippen LogP contribution in [0, 0.1) is 11.8 Å². The second kappa shape index (κ2) is 10.4. The molecule has 1 aliphatic carbocycles. The largest absolute Gasteiger partial charge is 0.352 e. The predicted octanol–water partition coefficient (Wildman–Crippen LogP) is 2.98. The fourth-order valence-electron chi connectivity index (χ4n) is 5.46. The fourth-order valence-corrected chi connectivity index (χ4v) is 5.46. The van der Waals surface area contributed by atoms with Crippen LogP contribution in [-0.2, 0) is 16.1 Å². The van der Waals surface area contributed by atoms with E-state index in [4.69, 9.17) is 0 Å². The second-order valence-corrected chi connectivity index (χ2v) is 9.38. The molecule has 6 heteroatoms. The molecule has 2 amide bonds. The zero-order valence-corrected chi connectivity index (χ0v) is 18.1. The number of pyridine rings is 1. The molecule has 3 heterocycles. The van der Waals surface area contributed by atoms with Gasteiger partial charge in [0.25, 0.3) is 0 Å². The van der Waals surface area contributed by atoms with Crippen LogP contribution in [0.1, 0.15) is 63.4 Å². The summed E-state index contributed by atoms with van der Waals surface area (Å²) in [4.78, 5) is 34.0. The van der Waals surface area contributed by atoms with Crippen molar-refractivity contribution < 1.29 is 9.59 Å². The highest BCUT2D eigenvalue weighted by atomic mass is 16.2. The molecule has 1 atom stereocenters. The Morgan fingerprint density at radius 2 is 1.83 bits per heavy atom. The molecule has 0 spiro atoms. The minimum atomic E-state index is 0.0671. The van der Waals surface area contributed by atoms with E-state index in [-0.39, 0.29) is 11.8 Å². The Bertz CT molecular complexity index is 696. The van der Waals surface area contributed by atoms with Crippen molar-refractivity contribution in [2.24, 2.45) is 11.8 Å². The molecule has 1 aromatic rings. The molecular formula is C24H36N4O2. The number of hydrogen-bond acceptors (Lipinski definition) is 4. The Hall–Kier alpha value is -1.95. The van der Waals surface area contributed by atoms with Gasteiger partial charge in [0.15, 0.2) is 0 Å². The summed E-state index contributed by atoms with van der Waals surface area (Å²) in [6.07, 6.45) is 13.5. The molecule has 30 heavy (non-hydrogen) atoms. The van der Waals surface area contributed by atoms with Crippen LogP contribution < -0.4 is 5.32 Å². The van der Waals surface area contributed by atoms with Crippen LogP contribution in [-0.4, -0.2) is 58.8 Å². The summed E-state index contributed by atoms with van der Waals surface area (Å²) in [5.74, 6) is 1.22. The minimum absolute atomic E-state index is 0.0671. The number of aromatic nitrogens is 1. The van der Waals surface area contributed by atoms with Gasteiger partial charge < -0.3 is 10.2 Å². The number of rotatable bonds is 6. The lowest BCUT2D eigenvalue weighted by atomic mass is 9.93. The molecule has 3 aliphatic rings. The molecule has 0 bridgehead atoms. The first-order valence-corrected chi connectivity index (χ1v) is 11.9. The molecule has 1 aromatic heterocycles. The van der Waals surface area contributed by atoms with Crippen LogP contribution in [0.4, 0.5) is 0 Å². The van der Waals surface area contributed by atoms with Crippen molar-refractivity contribution in [1.29, 1.82) is 0 Å². The molecule has 4 rings (SSSR count). The van der Waals surface area contributed by atoms with E-state index >= 15 is 0 Å². The Kier molecular flexibility index (Phi) is 7.37. The molecule has 2 saturated heterocycles. The van der Waals surface area contributed by atoms with Crippen LogP contribution in [0.15, 0.2) is 24.5 Å². The number of nitrogens with zero attached hydrogens (tertiary/aromatic N) is 3. The van der Waals surface area contributed by atoms with Gasteiger partial charge in [0.2, 0.25) is 11.8 Å². The molecule has 3 fully saturated rings. The van der Waals surface area contributed by atoms with Gasteiger partial charge in [-0.1, -0.05) is 18.9 Å². The summed E-state index contributed by atoms with van der Waals surface area (Å²) in [5, 5.41) is 3.09. The van der Waals surface area contributed by atoms with Crippen molar-refractivity contribution in [1.82, 2.24) is 20.1 Å². The Labute approximate surface area is 180 Å². The van der Waals surface area contributed by atoms with Gasteiger partial charge in [-0.25, -0.2) is 0 Å². The van der Waals surface area contributed by atoms with Gasteiger partial charge in [-0.3, -0.25) is 19.5 Å². The predicted molar refractivity (Wildman–Crippen MR) is 117 cm³/mol. The fraction of sp³-hybridized carbons (Fsp3) is 0.708. The van der Waals surface area contributed by atoms with E-state index in [2.05, 4.69) is 20.1 Å². The summed E-state index contributed by atoms with van der Waals surface area (Å²) in [7, 11) is 0. The monoisotopic (exact) mass is 412 g/mol. The average Bonchev–Trinajstić information content (AvgIpc) is 3.31. The number of amides is 2. The third-order valence-corrected chi connectivity index (χ3v) is 7.28. The summed E-state index contributed by atoms with van der Waals surface area (Å²) < 4.78 is 0. The number of carbonyl (C=O) groups is 2. The first kappa shape index (κ1) is 21.3. The van der Waals surface area contributed by atoms with Gasteiger partial charge in [0, 0.05) is 51.0 Å². The first-order valence-electron chi connectivity index (χ1n) is 11.9. The third kappa shape index (κ3) is 5.60. The van der Waals surface area contributed by atoms with Crippen molar-refractivity contribution in [2.75, 3.05) is 26.2 Å². The molecule has 2 aliphatic heterocycles. The number of piperidine rings is 2. The molecule has 0 unspecified atom stereocenters. The number of likely N-dealkylation sites (tertiary alicyclic amines) is 2. The van der Waals surface area contributed by atoms with Crippen LogP contribution in [0.25, 0.3) is 0 Å². The number of carbonyl (C=O) groups excluding carboxylic acids is 2. The molecular weight excluding hydrogens is 376 g/mol. The van der Waals surface area contributed by atoms with E-state index in [0.717, 1.165) is 63.8 Å². The maximum atomic E-state index is 12.7. The van der Waals surface area contributed by atoms with Gasteiger partial charge in [0.1, 0.15) is 0 Å².